The van der Waals surface area contributed by atoms with Crippen molar-refractivity contribution in [3.63, 3.8) is 0 Å². The van der Waals surface area contributed by atoms with Crippen LogP contribution in [0.3, 0.4) is 0 Å². The summed E-state index contributed by atoms with van der Waals surface area (Å²) in [5.74, 6) is -1.94. The molecule has 0 aliphatic heterocycles. The molecule has 2 aromatic rings. The number of nitrogens with one attached hydrogen (secondary N) is 1. The predicted molar refractivity (Wildman–Crippen MR) is 92.9 cm³/mol. The van der Waals surface area contributed by atoms with Crippen LogP contribution in [-0.2, 0) is 16.1 Å². The number of carbonyl (C=O) groups is 3. The highest BCUT2D eigenvalue weighted by Gasteiger charge is 2.21. The highest BCUT2D eigenvalue weighted by molar-refractivity contribution is 5.96. The van der Waals surface area contributed by atoms with E-state index < -0.39 is 17.9 Å². The summed E-state index contributed by atoms with van der Waals surface area (Å²) in [5, 5.41) is 11.3. The zero-order valence-corrected chi connectivity index (χ0v) is 13.9. The summed E-state index contributed by atoms with van der Waals surface area (Å²) in [6.45, 7) is 1.41. The van der Waals surface area contributed by atoms with E-state index in [0.717, 1.165) is 5.56 Å². The van der Waals surface area contributed by atoms with E-state index in [1.54, 1.807) is 30.3 Å². The molecule has 0 unspecified atom stereocenters. The number of nitrogens with zero attached hydrogens (tertiary/aromatic N) is 1. The molecule has 2 N–H and O–H groups in total. The van der Waals surface area contributed by atoms with Gasteiger partial charge in [0.1, 0.15) is 12.6 Å². The second-order valence-electron chi connectivity index (χ2n) is 5.64. The Labute approximate surface area is 146 Å². The standard InChI is InChI=1S/C19H20N2O4/c1-14(19(24)25)20-17(22)13-21(12-15-8-4-2-5-9-15)18(23)16-10-6-3-7-11-16/h2-11,14H,12-13H2,1H3,(H,20,22)(H,24,25)/t14-/m0/s1. The van der Waals surface area contributed by atoms with Crippen molar-refractivity contribution in [2.24, 2.45) is 0 Å². The van der Waals surface area contributed by atoms with Gasteiger partial charge in [-0.1, -0.05) is 48.5 Å². The third kappa shape index (κ3) is 5.46. The maximum absolute atomic E-state index is 12.7. The molecule has 0 spiro atoms. The van der Waals surface area contributed by atoms with E-state index in [4.69, 9.17) is 5.11 Å². The van der Waals surface area contributed by atoms with Crippen LogP contribution in [-0.4, -0.2) is 40.4 Å². The number of carboxylic acids is 1. The minimum Gasteiger partial charge on any atom is -0.480 e. The third-order valence-electron chi connectivity index (χ3n) is 3.61. The predicted octanol–water partition coefficient (Wildman–Crippen LogP) is 1.92. The van der Waals surface area contributed by atoms with Gasteiger partial charge in [-0.15, -0.1) is 0 Å². The van der Waals surface area contributed by atoms with Gasteiger partial charge in [-0.3, -0.25) is 14.4 Å². The van der Waals surface area contributed by atoms with Crippen LogP contribution >= 0.6 is 0 Å². The number of carbonyl (C=O) groups excluding carboxylic acids is 2. The zero-order chi connectivity index (χ0) is 18.2. The highest BCUT2D eigenvalue weighted by Crippen LogP contribution is 2.10. The van der Waals surface area contributed by atoms with Gasteiger partial charge in [0.15, 0.2) is 0 Å². The molecule has 1 atom stereocenters. The number of rotatable bonds is 7. The van der Waals surface area contributed by atoms with E-state index in [2.05, 4.69) is 5.32 Å². The molecule has 25 heavy (non-hydrogen) atoms. The molecule has 0 saturated carbocycles. The van der Waals surface area contributed by atoms with Crippen molar-refractivity contribution in [3.05, 3.63) is 71.8 Å². The van der Waals surface area contributed by atoms with Crippen molar-refractivity contribution in [2.45, 2.75) is 19.5 Å². The normalized spacial score (nSPS) is 11.4. The molecule has 2 amide bonds. The number of amides is 2. The van der Waals surface area contributed by atoms with Crippen LogP contribution in [0.1, 0.15) is 22.8 Å². The van der Waals surface area contributed by atoms with Gasteiger partial charge in [0.2, 0.25) is 5.91 Å². The summed E-state index contributed by atoms with van der Waals surface area (Å²) in [4.78, 5) is 37.1. The Kier molecular flexibility index (Phi) is 6.28. The van der Waals surface area contributed by atoms with Crippen LogP contribution in [0.25, 0.3) is 0 Å². The Morgan fingerprint density at radius 2 is 1.56 bits per heavy atom. The van der Waals surface area contributed by atoms with Crippen molar-refractivity contribution >= 4 is 17.8 Å². The van der Waals surface area contributed by atoms with Gasteiger partial charge in [-0.05, 0) is 24.6 Å². The SMILES string of the molecule is C[C@H](NC(=O)CN(Cc1ccccc1)C(=O)c1ccccc1)C(=O)O. The van der Waals surface area contributed by atoms with Gasteiger partial charge in [-0.25, -0.2) is 0 Å². The van der Waals surface area contributed by atoms with E-state index >= 15 is 0 Å². The Bertz CT molecular complexity index is 732. The Hall–Kier alpha value is -3.15. The summed E-state index contributed by atoms with van der Waals surface area (Å²) < 4.78 is 0. The van der Waals surface area contributed by atoms with Crippen LogP contribution in [0.5, 0.6) is 0 Å². The number of hydrogen-bond acceptors (Lipinski definition) is 3. The van der Waals surface area contributed by atoms with Gasteiger partial charge < -0.3 is 15.3 Å². The lowest BCUT2D eigenvalue weighted by molar-refractivity contribution is -0.141. The Morgan fingerprint density at radius 3 is 2.12 bits per heavy atom. The van der Waals surface area contributed by atoms with Crippen LogP contribution in [0.15, 0.2) is 60.7 Å². The third-order valence-corrected chi connectivity index (χ3v) is 3.61. The molecule has 130 valence electrons. The minimum atomic E-state index is -1.13. The first-order chi connectivity index (χ1) is 12.0. The minimum absolute atomic E-state index is 0.222. The van der Waals surface area contributed by atoms with Crippen LogP contribution in [0.2, 0.25) is 0 Å². The fraction of sp³-hybridized carbons (Fsp3) is 0.211. The van der Waals surface area contributed by atoms with E-state index in [1.165, 1.54) is 11.8 Å². The number of hydrogen-bond donors (Lipinski definition) is 2. The highest BCUT2D eigenvalue weighted by atomic mass is 16.4. The molecule has 2 rings (SSSR count). The molecule has 0 radical (unpaired) electrons. The quantitative estimate of drug-likeness (QED) is 0.806. The van der Waals surface area contributed by atoms with E-state index in [9.17, 15) is 14.4 Å². The maximum Gasteiger partial charge on any atom is 0.325 e. The van der Waals surface area contributed by atoms with Gasteiger partial charge in [0, 0.05) is 12.1 Å². The average Bonchev–Trinajstić information content (AvgIpc) is 2.62. The van der Waals surface area contributed by atoms with E-state index in [1.807, 2.05) is 30.3 Å². The summed E-state index contributed by atoms with van der Waals surface area (Å²) >= 11 is 0. The summed E-state index contributed by atoms with van der Waals surface area (Å²) in [5.41, 5.74) is 1.35. The monoisotopic (exact) mass is 340 g/mol. The summed E-state index contributed by atoms with van der Waals surface area (Å²) in [7, 11) is 0. The molecule has 0 fully saturated rings. The molecule has 6 heteroatoms. The lowest BCUT2D eigenvalue weighted by Gasteiger charge is -2.23. The van der Waals surface area contributed by atoms with Crippen LogP contribution in [0.4, 0.5) is 0 Å². The summed E-state index contributed by atoms with van der Waals surface area (Å²) in [6, 6.07) is 17.0. The summed E-state index contributed by atoms with van der Waals surface area (Å²) in [6.07, 6.45) is 0. The zero-order valence-electron chi connectivity index (χ0n) is 13.9. The lowest BCUT2D eigenvalue weighted by Crippen LogP contribution is -2.45. The largest absolute Gasteiger partial charge is 0.480 e. The van der Waals surface area contributed by atoms with Crippen LogP contribution in [0, 0.1) is 0 Å². The van der Waals surface area contributed by atoms with Crippen molar-refractivity contribution in [3.8, 4) is 0 Å². The molecule has 0 heterocycles. The van der Waals surface area contributed by atoms with Crippen molar-refractivity contribution < 1.29 is 19.5 Å². The fourth-order valence-electron chi connectivity index (χ4n) is 2.29. The van der Waals surface area contributed by atoms with Gasteiger partial charge in [0.05, 0.1) is 0 Å². The molecule has 0 aliphatic carbocycles. The average molecular weight is 340 g/mol. The second-order valence-corrected chi connectivity index (χ2v) is 5.64. The lowest BCUT2D eigenvalue weighted by atomic mass is 10.1. The first-order valence-electron chi connectivity index (χ1n) is 7.88. The van der Waals surface area contributed by atoms with Crippen LogP contribution < -0.4 is 5.32 Å². The van der Waals surface area contributed by atoms with Gasteiger partial charge in [-0.2, -0.15) is 0 Å². The van der Waals surface area contributed by atoms with E-state index in [-0.39, 0.29) is 19.0 Å². The first-order valence-corrected chi connectivity index (χ1v) is 7.88. The van der Waals surface area contributed by atoms with Gasteiger partial charge >= 0.3 is 5.97 Å². The molecule has 0 aliphatic rings. The number of aliphatic carboxylic acids is 1. The maximum atomic E-state index is 12.7. The molecule has 0 aromatic heterocycles. The Balaban J connectivity index is 2.15. The molecular weight excluding hydrogens is 320 g/mol. The molecule has 2 aromatic carbocycles. The van der Waals surface area contributed by atoms with Crippen molar-refractivity contribution in [1.82, 2.24) is 10.2 Å². The number of carboxylic acid groups (broad SMARTS) is 1. The molecule has 0 saturated heterocycles. The molecular formula is C19H20N2O4. The fourth-order valence-corrected chi connectivity index (χ4v) is 2.29. The second kappa shape index (κ2) is 8.63. The van der Waals surface area contributed by atoms with E-state index in [0.29, 0.717) is 5.56 Å². The number of benzene rings is 2. The topological polar surface area (TPSA) is 86.7 Å². The van der Waals surface area contributed by atoms with Crippen molar-refractivity contribution in [1.29, 1.82) is 0 Å². The smallest absolute Gasteiger partial charge is 0.325 e. The molecule has 6 nitrogen and oxygen atoms in total. The first kappa shape index (κ1) is 18.2. The van der Waals surface area contributed by atoms with Crippen molar-refractivity contribution in [2.75, 3.05) is 6.54 Å². The Morgan fingerprint density at radius 1 is 1.00 bits per heavy atom. The molecule has 0 bridgehead atoms. The van der Waals surface area contributed by atoms with Gasteiger partial charge in [0.25, 0.3) is 5.91 Å².